The number of aryl methyl sites for hydroxylation is 1. The lowest BCUT2D eigenvalue weighted by Crippen LogP contribution is -2.37. The van der Waals surface area contributed by atoms with E-state index in [4.69, 9.17) is 4.74 Å². The third-order valence-electron chi connectivity index (χ3n) is 4.23. The summed E-state index contributed by atoms with van der Waals surface area (Å²) in [5.74, 6) is 0.925. The first-order valence-electron chi connectivity index (χ1n) is 8.88. The van der Waals surface area contributed by atoms with E-state index in [9.17, 15) is 13.2 Å². The molecule has 28 heavy (non-hydrogen) atoms. The van der Waals surface area contributed by atoms with Crippen LogP contribution in [0.2, 0.25) is 0 Å². The van der Waals surface area contributed by atoms with Crippen molar-refractivity contribution in [3.63, 3.8) is 0 Å². The van der Waals surface area contributed by atoms with Gasteiger partial charge in [0.15, 0.2) is 0 Å². The molecule has 1 aliphatic rings. The van der Waals surface area contributed by atoms with Crippen molar-refractivity contribution in [3.05, 3.63) is 41.9 Å². The number of nitrogens with one attached hydrogen (secondary N) is 2. The molecule has 3 rings (SSSR count). The van der Waals surface area contributed by atoms with E-state index in [1.807, 2.05) is 0 Å². The number of benzene rings is 1. The van der Waals surface area contributed by atoms with Crippen LogP contribution in [0.1, 0.15) is 18.3 Å². The molecular formula is C18H23N5O4S. The molecule has 1 saturated heterocycles. The number of hydrogen-bond acceptors (Lipinski definition) is 7. The highest BCUT2D eigenvalue weighted by Gasteiger charge is 2.18. The minimum Gasteiger partial charge on any atom is -0.378 e. The first-order valence-corrected chi connectivity index (χ1v) is 10.4. The van der Waals surface area contributed by atoms with Crippen LogP contribution in [0.25, 0.3) is 0 Å². The number of carbonyl (C=O) groups excluding carboxylic acids is 1. The van der Waals surface area contributed by atoms with Crippen LogP contribution in [0.4, 0.5) is 11.5 Å². The number of morpholine rings is 1. The number of carbonyl (C=O) groups is 1. The van der Waals surface area contributed by atoms with Crippen LogP contribution in [0.5, 0.6) is 0 Å². The predicted molar refractivity (Wildman–Crippen MR) is 105 cm³/mol. The average Bonchev–Trinajstić information content (AvgIpc) is 2.67. The number of sulfonamides is 1. The van der Waals surface area contributed by atoms with Crippen LogP contribution < -0.4 is 14.9 Å². The molecule has 9 nitrogen and oxygen atoms in total. The summed E-state index contributed by atoms with van der Waals surface area (Å²) in [6.07, 6.45) is 1.62. The van der Waals surface area contributed by atoms with Gasteiger partial charge < -0.3 is 15.0 Å². The van der Waals surface area contributed by atoms with Gasteiger partial charge in [-0.3, -0.25) is 4.79 Å². The maximum absolute atomic E-state index is 12.7. The Kier molecular flexibility index (Phi) is 6.22. The van der Waals surface area contributed by atoms with E-state index in [-0.39, 0.29) is 17.3 Å². The van der Waals surface area contributed by atoms with Crippen molar-refractivity contribution in [1.82, 2.24) is 14.7 Å². The Morgan fingerprint density at radius 1 is 1.25 bits per heavy atom. The summed E-state index contributed by atoms with van der Waals surface area (Å²) in [6, 6.07) is 6.44. The molecule has 2 aromatic rings. The summed E-state index contributed by atoms with van der Waals surface area (Å²) in [5.41, 5.74) is 1.08. The lowest BCUT2D eigenvalue weighted by molar-refractivity contribution is -0.114. The minimum atomic E-state index is -3.75. The van der Waals surface area contributed by atoms with Gasteiger partial charge in [0.05, 0.1) is 24.7 Å². The van der Waals surface area contributed by atoms with Gasteiger partial charge in [0.2, 0.25) is 15.9 Å². The van der Waals surface area contributed by atoms with Gasteiger partial charge in [-0.1, -0.05) is 0 Å². The van der Waals surface area contributed by atoms with Crippen molar-refractivity contribution >= 4 is 27.4 Å². The Hall–Kier alpha value is -2.56. The van der Waals surface area contributed by atoms with Crippen LogP contribution in [-0.2, 0) is 26.1 Å². The van der Waals surface area contributed by atoms with Gasteiger partial charge in [-0.15, -0.1) is 0 Å². The smallest absolute Gasteiger partial charge is 0.241 e. The highest BCUT2D eigenvalue weighted by molar-refractivity contribution is 7.89. The Balaban J connectivity index is 1.70. The standard InChI is InChI=1S/C18H23N5O4S/c1-13-11-15(21-14(2)24)3-4-16(13)28(25,26)20-12-17-19-6-5-18(22-17)23-7-9-27-10-8-23/h3-6,11,20H,7-10,12H2,1-2H3,(H,21,24). The number of amides is 1. The van der Waals surface area contributed by atoms with Crippen LogP contribution in [0, 0.1) is 6.92 Å². The molecule has 2 heterocycles. The third-order valence-corrected chi connectivity index (χ3v) is 5.79. The predicted octanol–water partition coefficient (Wildman–Crippen LogP) is 1.06. The van der Waals surface area contributed by atoms with Crippen LogP contribution >= 0.6 is 0 Å². The van der Waals surface area contributed by atoms with E-state index in [1.54, 1.807) is 31.3 Å². The molecule has 1 aromatic carbocycles. The molecule has 0 bridgehead atoms. The molecule has 0 aliphatic carbocycles. The SMILES string of the molecule is CC(=O)Nc1ccc(S(=O)(=O)NCc2nccc(N3CCOCC3)n2)c(C)c1. The summed E-state index contributed by atoms with van der Waals surface area (Å²) in [4.78, 5) is 22.0. The number of rotatable bonds is 6. The van der Waals surface area contributed by atoms with Gasteiger partial charge in [-0.2, -0.15) is 0 Å². The van der Waals surface area contributed by atoms with E-state index < -0.39 is 10.0 Å². The maximum Gasteiger partial charge on any atom is 0.241 e. The van der Waals surface area contributed by atoms with Crippen molar-refractivity contribution in [1.29, 1.82) is 0 Å². The first-order chi connectivity index (χ1) is 13.3. The molecule has 0 spiro atoms. The topological polar surface area (TPSA) is 114 Å². The molecule has 0 atom stereocenters. The highest BCUT2D eigenvalue weighted by atomic mass is 32.2. The van der Waals surface area contributed by atoms with Crippen LogP contribution in [0.15, 0.2) is 35.4 Å². The minimum absolute atomic E-state index is 0.0204. The van der Waals surface area contributed by atoms with Crippen molar-refractivity contribution < 1.29 is 17.9 Å². The normalized spacial score (nSPS) is 14.7. The fourth-order valence-corrected chi connectivity index (χ4v) is 4.12. The van der Waals surface area contributed by atoms with E-state index >= 15 is 0 Å². The molecular weight excluding hydrogens is 382 g/mol. The van der Waals surface area contributed by atoms with Gasteiger partial charge in [0.1, 0.15) is 11.6 Å². The zero-order valence-corrected chi connectivity index (χ0v) is 16.6. The van der Waals surface area contributed by atoms with Crippen molar-refractivity contribution in [3.8, 4) is 0 Å². The second-order valence-corrected chi connectivity index (χ2v) is 8.15. The van der Waals surface area contributed by atoms with Crippen molar-refractivity contribution in [2.45, 2.75) is 25.3 Å². The molecule has 2 N–H and O–H groups in total. The van der Waals surface area contributed by atoms with E-state index in [1.165, 1.54) is 13.0 Å². The Labute approximate surface area is 164 Å². The quantitative estimate of drug-likeness (QED) is 0.739. The maximum atomic E-state index is 12.7. The zero-order chi connectivity index (χ0) is 20.1. The van der Waals surface area contributed by atoms with Crippen LogP contribution in [0.3, 0.4) is 0 Å². The second-order valence-electron chi connectivity index (χ2n) is 6.42. The molecule has 1 aromatic heterocycles. The van der Waals surface area contributed by atoms with E-state index in [0.29, 0.717) is 30.3 Å². The van der Waals surface area contributed by atoms with E-state index in [2.05, 4.69) is 24.9 Å². The van der Waals surface area contributed by atoms with Gasteiger partial charge in [0.25, 0.3) is 0 Å². The zero-order valence-electron chi connectivity index (χ0n) is 15.8. The molecule has 10 heteroatoms. The summed E-state index contributed by atoms with van der Waals surface area (Å²) in [7, 11) is -3.75. The molecule has 150 valence electrons. The monoisotopic (exact) mass is 405 g/mol. The fourth-order valence-electron chi connectivity index (χ4n) is 2.91. The number of nitrogens with zero attached hydrogens (tertiary/aromatic N) is 3. The van der Waals surface area contributed by atoms with Crippen LogP contribution in [-0.4, -0.2) is 50.6 Å². The van der Waals surface area contributed by atoms with Gasteiger partial charge in [-0.05, 0) is 36.8 Å². The summed E-state index contributed by atoms with van der Waals surface area (Å²) < 4.78 is 33.2. The van der Waals surface area contributed by atoms with Gasteiger partial charge in [-0.25, -0.2) is 23.1 Å². The number of ether oxygens (including phenoxy) is 1. The molecule has 0 radical (unpaired) electrons. The summed E-state index contributed by atoms with van der Waals surface area (Å²) in [6.45, 7) is 5.80. The lowest BCUT2D eigenvalue weighted by atomic mass is 10.2. The average molecular weight is 405 g/mol. The molecule has 1 fully saturated rings. The van der Waals surface area contributed by atoms with Crippen molar-refractivity contribution in [2.75, 3.05) is 36.5 Å². The Bertz CT molecular complexity index is 958. The summed E-state index contributed by atoms with van der Waals surface area (Å²) in [5, 5.41) is 2.63. The highest BCUT2D eigenvalue weighted by Crippen LogP contribution is 2.20. The van der Waals surface area contributed by atoms with Crippen molar-refractivity contribution in [2.24, 2.45) is 0 Å². The Morgan fingerprint density at radius 3 is 2.68 bits per heavy atom. The molecule has 1 amide bonds. The fraction of sp³-hybridized carbons (Fsp3) is 0.389. The second kappa shape index (κ2) is 8.63. The Morgan fingerprint density at radius 2 is 2.00 bits per heavy atom. The number of aromatic nitrogens is 2. The lowest BCUT2D eigenvalue weighted by Gasteiger charge is -2.27. The van der Waals surface area contributed by atoms with Gasteiger partial charge >= 0.3 is 0 Å². The third kappa shape index (κ3) is 5.03. The number of hydrogen-bond donors (Lipinski definition) is 2. The molecule has 0 unspecified atom stereocenters. The first kappa shape index (κ1) is 20.2. The summed E-state index contributed by atoms with van der Waals surface area (Å²) >= 11 is 0. The van der Waals surface area contributed by atoms with Gasteiger partial charge in [0, 0.05) is 31.9 Å². The largest absolute Gasteiger partial charge is 0.378 e. The number of anilines is 2. The van der Waals surface area contributed by atoms with E-state index in [0.717, 1.165) is 18.9 Å². The molecule has 1 aliphatic heterocycles. The molecule has 0 saturated carbocycles.